The summed E-state index contributed by atoms with van der Waals surface area (Å²) >= 11 is 0. The van der Waals surface area contributed by atoms with Crippen LogP contribution in [0.1, 0.15) is 15.9 Å². The van der Waals surface area contributed by atoms with Gasteiger partial charge in [0.1, 0.15) is 0 Å². The van der Waals surface area contributed by atoms with E-state index in [-0.39, 0.29) is 12.3 Å². The zero-order chi connectivity index (χ0) is 14.5. The molecule has 102 valence electrons. The van der Waals surface area contributed by atoms with Crippen molar-refractivity contribution in [2.45, 2.75) is 6.42 Å². The molecule has 2 aromatic carbocycles. The van der Waals surface area contributed by atoms with E-state index in [9.17, 15) is 9.59 Å². The van der Waals surface area contributed by atoms with Crippen LogP contribution in [0, 0.1) is 0 Å². The lowest BCUT2D eigenvalue weighted by atomic mass is 10.1. The fraction of sp³-hybridized carbons (Fsp3) is 0.125. The predicted octanol–water partition coefficient (Wildman–Crippen LogP) is 2.59. The Morgan fingerprint density at radius 3 is 2.40 bits per heavy atom. The monoisotopic (exact) mass is 269 g/mol. The van der Waals surface area contributed by atoms with Gasteiger partial charge < -0.3 is 10.0 Å². The van der Waals surface area contributed by atoms with Crippen LogP contribution >= 0.6 is 0 Å². The minimum atomic E-state index is -0.890. The van der Waals surface area contributed by atoms with Gasteiger partial charge in [0.15, 0.2) is 0 Å². The summed E-state index contributed by atoms with van der Waals surface area (Å²) in [6.07, 6.45) is -0.0544. The molecule has 0 aromatic heterocycles. The Balaban J connectivity index is 2.23. The topological polar surface area (TPSA) is 57.6 Å². The Morgan fingerprint density at radius 1 is 1.05 bits per heavy atom. The van der Waals surface area contributed by atoms with Gasteiger partial charge in [0.2, 0.25) is 0 Å². The summed E-state index contributed by atoms with van der Waals surface area (Å²) in [5.74, 6) is -1.02. The lowest BCUT2D eigenvalue weighted by molar-refractivity contribution is -0.136. The minimum absolute atomic E-state index is 0.0544. The molecule has 0 aliphatic rings. The van der Waals surface area contributed by atoms with Crippen molar-refractivity contribution in [3.05, 3.63) is 65.7 Å². The van der Waals surface area contributed by atoms with Crippen molar-refractivity contribution in [2.75, 3.05) is 11.9 Å². The van der Waals surface area contributed by atoms with Gasteiger partial charge in [-0.05, 0) is 29.8 Å². The number of benzene rings is 2. The standard InChI is InChI=1S/C16H15NO3/c1-17(16(20)13-7-3-2-4-8-13)14-9-5-6-12(10-14)11-15(18)19/h2-10H,11H2,1H3,(H,18,19). The van der Waals surface area contributed by atoms with Crippen LogP contribution in [0.25, 0.3) is 0 Å². The van der Waals surface area contributed by atoms with E-state index in [0.29, 0.717) is 16.8 Å². The van der Waals surface area contributed by atoms with Gasteiger partial charge >= 0.3 is 5.97 Å². The number of carbonyl (C=O) groups excluding carboxylic acids is 1. The van der Waals surface area contributed by atoms with Crippen LogP contribution in [0.5, 0.6) is 0 Å². The normalized spacial score (nSPS) is 10.1. The fourth-order valence-electron chi connectivity index (χ4n) is 1.94. The molecule has 0 spiro atoms. The van der Waals surface area contributed by atoms with E-state index < -0.39 is 5.97 Å². The van der Waals surface area contributed by atoms with Crippen molar-refractivity contribution in [2.24, 2.45) is 0 Å². The number of amides is 1. The SMILES string of the molecule is CN(C(=O)c1ccccc1)c1cccc(CC(=O)O)c1. The lowest BCUT2D eigenvalue weighted by Crippen LogP contribution is -2.26. The third-order valence-electron chi connectivity index (χ3n) is 2.98. The number of hydrogen-bond acceptors (Lipinski definition) is 2. The summed E-state index contributed by atoms with van der Waals surface area (Å²) in [6.45, 7) is 0. The Kier molecular flexibility index (Phi) is 4.15. The second kappa shape index (κ2) is 6.02. The van der Waals surface area contributed by atoms with E-state index in [1.54, 1.807) is 43.4 Å². The van der Waals surface area contributed by atoms with Gasteiger partial charge in [-0.2, -0.15) is 0 Å². The smallest absolute Gasteiger partial charge is 0.307 e. The van der Waals surface area contributed by atoms with Crippen LogP contribution in [-0.2, 0) is 11.2 Å². The molecule has 1 N–H and O–H groups in total. The molecule has 1 amide bonds. The molecule has 4 heteroatoms. The molecule has 0 saturated carbocycles. The maximum Gasteiger partial charge on any atom is 0.307 e. The van der Waals surface area contributed by atoms with Gasteiger partial charge in [-0.1, -0.05) is 30.3 Å². The first kappa shape index (κ1) is 13.8. The number of nitrogens with zero attached hydrogens (tertiary/aromatic N) is 1. The first-order chi connectivity index (χ1) is 9.58. The molecule has 20 heavy (non-hydrogen) atoms. The first-order valence-corrected chi connectivity index (χ1v) is 6.22. The van der Waals surface area contributed by atoms with Crippen LogP contribution in [0.15, 0.2) is 54.6 Å². The third kappa shape index (κ3) is 3.23. The van der Waals surface area contributed by atoms with Gasteiger partial charge in [-0.25, -0.2) is 0 Å². The van der Waals surface area contributed by atoms with Gasteiger partial charge in [-0.15, -0.1) is 0 Å². The second-order valence-corrected chi connectivity index (χ2v) is 4.47. The van der Waals surface area contributed by atoms with Gasteiger partial charge in [-0.3, -0.25) is 9.59 Å². The first-order valence-electron chi connectivity index (χ1n) is 6.22. The van der Waals surface area contributed by atoms with E-state index in [4.69, 9.17) is 5.11 Å². The molecular formula is C16H15NO3. The molecule has 0 atom stereocenters. The quantitative estimate of drug-likeness (QED) is 0.928. The minimum Gasteiger partial charge on any atom is -0.481 e. The number of carbonyl (C=O) groups is 2. The Labute approximate surface area is 117 Å². The van der Waals surface area contributed by atoms with Crippen molar-refractivity contribution in [1.29, 1.82) is 0 Å². The van der Waals surface area contributed by atoms with E-state index in [1.165, 1.54) is 4.90 Å². The summed E-state index contributed by atoms with van der Waals surface area (Å²) in [6, 6.07) is 16.0. The number of carboxylic acid groups (broad SMARTS) is 1. The molecule has 0 bridgehead atoms. The number of aliphatic carboxylic acids is 1. The van der Waals surface area contributed by atoms with Gasteiger partial charge in [0, 0.05) is 18.3 Å². The lowest BCUT2D eigenvalue weighted by Gasteiger charge is -2.18. The average Bonchev–Trinajstić information content (AvgIpc) is 2.46. The highest BCUT2D eigenvalue weighted by atomic mass is 16.4. The number of hydrogen-bond donors (Lipinski definition) is 1. The van der Waals surface area contributed by atoms with Crippen LogP contribution < -0.4 is 4.90 Å². The zero-order valence-electron chi connectivity index (χ0n) is 11.1. The average molecular weight is 269 g/mol. The Hall–Kier alpha value is -2.62. The summed E-state index contributed by atoms with van der Waals surface area (Å²) in [4.78, 5) is 24.5. The summed E-state index contributed by atoms with van der Waals surface area (Å²) < 4.78 is 0. The highest BCUT2D eigenvalue weighted by molar-refractivity contribution is 6.05. The molecule has 0 unspecified atom stereocenters. The molecule has 0 heterocycles. The molecule has 0 aliphatic heterocycles. The number of anilines is 1. The predicted molar refractivity (Wildman–Crippen MR) is 77.0 cm³/mol. The molecule has 2 aromatic rings. The highest BCUT2D eigenvalue weighted by Gasteiger charge is 2.13. The van der Waals surface area contributed by atoms with Crippen LogP contribution in [0.3, 0.4) is 0 Å². The van der Waals surface area contributed by atoms with Crippen molar-refractivity contribution < 1.29 is 14.7 Å². The summed E-state index contributed by atoms with van der Waals surface area (Å²) in [5, 5.41) is 8.80. The zero-order valence-corrected chi connectivity index (χ0v) is 11.1. The molecular weight excluding hydrogens is 254 g/mol. The highest BCUT2D eigenvalue weighted by Crippen LogP contribution is 2.17. The number of rotatable bonds is 4. The van der Waals surface area contributed by atoms with Crippen LogP contribution in [0.2, 0.25) is 0 Å². The van der Waals surface area contributed by atoms with E-state index in [2.05, 4.69) is 0 Å². The molecule has 0 fully saturated rings. The Bertz CT molecular complexity index is 623. The van der Waals surface area contributed by atoms with E-state index in [0.717, 1.165) is 0 Å². The van der Waals surface area contributed by atoms with E-state index in [1.807, 2.05) is 18.2 Å². The van der Waals surface area contributed by atoms with E-state index >= 15 is 0 Å². The molecule has 0 radical (unpaired) electrons. The fourth-order valence-corrected chi connectivity index (χ4v) is 1.94. The van der Waals surface area contributed by atoms with Crippen molar-refractivity contribution in [3.8, 4) is 0 Å². The molecule has 0 saturated heterocycles. The van der Waals surface area contributed by atoms with Crippen molar-refractivity contribution in [1.82, 2.24) is 0 Å². The Morgan fingerprint density at radius 2 is 1.75 bits per heavy atom. The number of carboxylic acids is 1. The van der Waals surface area contributed by atoms with Crippen molar-refractivity contribution in [3.63, 3.8) is 0 Å². The summed E-state index contributed by atoms with van der Waals surface area (Å²) in [7, 11) is 1.68. The van der Waals surface area contributed by atoms with Crippen LogP contribution in [0.4, 0.5) is 5.69 Å². The molecule has 2 rings (SSSR count). The second-order valence-electron chi connectivity index (χ2n) is 4.47. The van der Waals surface area contributed by atoms with Gasteiger partial charge in [0.25, 0.3) is 5.91 Å². The van der Waals surface area contributed by atoms with Crippen molar-refractivity contribution >= 4 is 17.6 Å². The largest absolute Gasteiger partial charge is 0.481 e. The van der Waals surface area contributed by atoms with Gasteiger partial charge in [0.05, 0.1) is 6.42 Å². The molecule has 4 nitrogen and oxygen atoms in total. The third-order valence-corrected chi connectivity index (χ3v) is 2.98. The summed E-state index contributed by atoms with van der Waals surface area (Å²) in [5.41, 5.74) is 1.94. The van der Waals surface area contributed by atoms with Crippen LogP contribution in [-0.4, -0.2) is 24.0 Å². The molecule has 0 aliphatic carbocycles. The maximum absolute atomic E-state index is 12.3. The maximum atomic E-state index is 12.3.